The number of carbonyl (C=O) groups is 2. The van der Waals surface area contributed by atoms with Crippen LogP contribution >= 0.6 is 0 Å². The third kappa shape index (κ3) is 13.2. The highest BCUT2D eigenvalue weighted by Gasteiger charge is 2.46. The van der Waals surface area contributed by atoms with Crippen LogP contribution in [0, 0.1) is 5.41 Å². The van der Waals surface area contributed by atoms with Gasteiger partial charge < -0.3 is 14.2 Å². The van der Waals surface area contributed by atoms with Crippen LogP contribution in [-0.4, -0.2) is 24.6 Å². The third-order valence-corrected chi connectivity index (χ3v) is 7.38. The number of hydrogen-bond acceptors (Lipinski definition) is 5. The van der Waals surface area contributed by atoms with Gasteiger partial charge in [-0.2, -0.15) is 0 Å². The first-order valence-electron chi connectivity index (χ1n) is 15.6. The fourth-order valence-corrected chi connectivity index (χ4v) is 4.77. The van der Waals surface area contributed by atoms with Gasteiger partial charge in [0.15, 0.2) is 16.9 Å². The molecule has 0 saturated carbocycles. The van der Waals surface area contributed by atoms with Gasteiger partial charge in [-0.1, -0.05) is 123 Å². The van der Waals surface area contributed by atoms with Gasteiger partial charge in [0.25, 0.3) is 0 Å². The molecule has 1 rings (SSSR count). The Labute approximate surface area is 233 Å². The molecule has 0 bridgehead atoms. The van der Waals surface area contributed by atoms with Crippen molar-refractivity contribution in [3.8, 4) is 11.5 Å². The summed E-state index contributed by atoms with van der Waals surface area (Å²) in [6.45, 7) is 10.1. The second-order valence-corrected chi connectivity index (χ2v) is 10.9. The van der Waals surface area contributed by atoms with Gasteiger partial charge in [0.1, 0.15) is 0 Å². The topological polar surface area (TPSA) is 61.8 Å². The summed E-state index contributed by atoms with van der Waals surface area (Å²) in [5.41, 5.74) is -1.31. The molecular formula is C33H56O5. The van der Waals surface area contributed by atoms with Gasteiger partial charge in [-0.15, -0.1) is 0 Å². The van der Waals surface area contributed by atoms with Gasteiger partial charge in [-0.05, 0) is 45.2 Å². The SMILES string of the molecule is CCCCCCCCCCCCCCCCCOC(=O)C(CC)(CC)C(=O)Oc1ccccc1OC(C)C. The van der Waals surface area contributed by atoms with Crippen LogP contribution in [0.1, 0.15) is 144 Å². The van der Waals surface area contributed by atoms with Crippen molar-refractivity contribution in [2.24, 2.45) is 5.41 Å². The third-order valence-electron chi connectivity index (χ3n) is 7.38. The van der Waals surface area contributed by atoms with E-state index in [-0.39, 0.29) is 6.10 Å². The Morgan fingerprint density at radius 2 is 1.11 bits per heavy atom. The lowest BCUT2D eigenvalue weighted by Gasteiger charge is -2.27. The maximum atomic E-state index is 13.2. The largest absolute Gasteiger partial charge is 0.487 e. The lowest BCUT2D eigenvalue weighted by atomic mass is 9.82. The zero-order chi connectivity index (χ0) is 28.1. The number of ether oxygens (including phenoxy) is 3. The molecule has 0 aliphatic heterocycles. The van der Waals surface area contributed by atoms with Crippen molar-refractivity contribution in [1.82, 2.24) is 0 Å². The normalized spacial score (nSPS) is 11.5. The number of carbonyl (C=O) groups excluding carboxylic acids is 2. The van der Waals surface area contributed by atoms with E-state index in [0.29, 0.717) is 30.9 Å². The molecule has 0 amide bonds. The molecule has 0 spiro atoms. The summed E-state index contributed by atoms with van der Waals surface area (Å²) in [7, 11) is 0. The fraction of sp³-hybridized carbons (Fsp3) is 0.758. The van der Waals surface area contributed by atoms with E-state index in [1.165, 1.54) is 77.0 Å². The van der Waals surface area contributed by atoms with Crippen LogP contribution in [0.15, 0.2) is 24.3 Å². The molecule has 0 heterocycles. The van der Waals surface area contributed by atoms with Crippen LogP contribution in [0.25, 0.3) is 0 Å². The average Bonchev–Trinajstić information content (AvgIpc) is 2.90. The molecule has 0 unspecified atom stereocenters. The highest BCUT2D eigenvalue weighted by molar-refractivity contribution is 6.00. The summed E-state index contributed by atoms with van der Waals surface area (Å²) in [5, 5.41) is 0. The minimum atomic E-state index is -1.31. The quantitative estimate of drug-likeness (QED) is 0.0607. The minimum Gasteiger partial charge on any atom is -0.487 e. The summed E-state index contributed by atoms with van der Waals surface area (Å²) in [6, 6.07) is 7.06. The molecule has 0 aromatic heterocycles. The predicted molar refractivity (Wildman–Crippen MR) is 157 cm³/mol. The van der Waals surface area contributed by atoms with E-state index in [4.69, 9.17) is 14.2 Å². The van der Waals surface area contributed by atoms with E-state index in [0.717, 1.165) is 19.3 Å². The van der Waals surface area contributed by atoms with Gasteiger partial charge in [-0.25, -0.2) is 0 Å². The van der Waals surface area contributed by atoms with Gasteiger partial charge in [0, 0.05) is 0 Å². The maximum absolute atomic E-state index is 13.2. The average molecular weight is 533 g/mol. The lowest BCUT2D eigenvalue weighted by Crippen LogP contribution is -2.42. The van der Waals surface area contributed by atoms with E-state index in [9.17, 15) is 9.59 Å². The van der Waals surface area contributed by atoms with E-state index < -0.39 is 17.4 Å². The molecule has 1 aromatic rings. The first-order valence-corrected chi connectivity index (χ1v) is 15.6. The lowest BCUT2D eigenvalue weighted by molar-refractivity contribution is -0.168. The Balaban J connectivity index is 2.27. The first kappa shape index (κ1) is 34.0. The summed E-state index contributed by atoms with van der Waals surface area (Å²) in [5.74, 6) is -0.250. The van der Waals surface area contributed by atoms with Crippen molar-refractivity contribution in [2.45, 2.75) is 150 Å². The van der Waals surface area contributed by atoms with Gasteiger partial charge >= 0.3 is 11.9 Å². The molecule has 0 saturated heterocycles. The molecule has 0 fully saturated rings. The van der Waals surface area contributed by atoms with E-state index in [2.05, 4.69) is 6.92 Å². The number of rotatable bonds is 23. The van der Waals surface area contributed by atoms with Crippen LogP contribution in [0.3, 0.4) is 0 Å². The molecule has 0 aliphatic carbocycles. The minimum absolute atomic E-state index is 0.0585. The van der Waals surface area contributed by atoms with Gasteiger partial charge in [0.2, 0.25) is 0 Å². The molecule has 5 heteroatoms. The summed E-state index contributed by atoms with van der Waals surface area (Å²) in [4.78, 5) is 26.2. The zero-order valence-electron chi connectivity index (χ0n) is 25.2. The molecule has 218 valence electrons. The Kier molecular flexibility index (Phi) is 18.7. The molecule has 0 N–H and O–H groups in total. The molecule has 0 aliphatic rings. The number of benzene rings is 1. The maximum Gasteiger partial charge on any atom is 0.328 e. The molecular weight excluding hydrogens is 476 g/mol. The summed E-state index contributed by atoms with van der Waals surface area (Å²) in [6.07, 6.45) is 19.9. The molecule has 0 atom stereocenters. The number of hydrogen-bond donors (Lipinski definition) is 0. The Hall–Kier alpha value is -2.04. The summed E-state index contributed by atoms with van der Waals surface area (Å²) >= 11 is 0. The highest BCUT2D eigenvalue weighted by Crippen LogP contribution is 2.34. The van der Waals surface area contributed by atoms with Crippen molar-refractivity contribution in [1.29, 1.82) is 0 Å². The van der Waals surface area contributed by atoms with Crippen LogP contribution in [0.2, 0.25) is 0 Å². The predicted octanol–water partition coefficient (Wildman–Crippen LogP) is 9.60. The fourth-order valence-electron chi connectivity index (χ4n) is 4.77. The van der Waals surface area contributed by atoms with E-state index in [1.807, 2.05) is 33.8 Å². The monoisotopic (exact) mass is 532 g/mol. The van der Waals surface area contributed by atoms with Crippen molar-refractivity contribution in [2.75, 3.05) is 6.61 Å². The first-order chi connectivity index (χ1) is 18.4. The number of unbranched alkanes of at least 4 members (excludes halogenated alkanes) is 14. The van der Waals surface area contributed by atoms with Crippen molar-refractivity contribution in [3.63, 3.8) is 0 Å². The smallest absolute Gasteiger partial charge is 0.328 e. The second kappa shape index (κ2) is 20.9. The van der Waals surface area contributed by atoms with Gasteiger partial charge in [-0.3, -0.25) is 9.59 Å². The van der Waals surface area contributed by atoms with Crippen molar-refractivity contribution < 1.29 is 23.8 Å². The van der Waals surface area contributed by atoms with Crippen LogP contribution in [0.4, 0.5) is 0 Å². The Morgan fingerprint density at radius 3 is 1.55 bits per heavy atom. The summed E-state index contributed by atoms with van der Waals surface area (Å²) < 4.78 is 17.0. The van der Waals surface area contributed by atoms with E-state index >= 15 is 0 Å². The van der Waals surface area contributed by atoms with Crippen LogP contribution < -0.4 is 9.47 Å². The number of esters is 2. The molecule has 0 radical (unpaired) electrons. The standard InChI is InChI=1S/C33H56O5/c1-6-9-10-11-12-13-14-15-16-17-18-19-20-21-24-27-36-31(34)33(7-2,8-3)32(35)38-30-26-23-22-25-29(30)37-28(4)5/h22-23,25-26,28H,6-21,24,27H2,1-5H3. The Morgan fingerprint density at radius 1 is 0.658 bits per heavy atom. The van der Waals surface area contributed by atoms with Crippen LogP contribution in [-0.2, 0) is 14.3 Å². The molecule has 1 aromatic carbocycles. The second-order valence-electron chi connectivity index (χ2n) is 10.9. The Bertz CT molecular complexity index is 754. The van der Waals surface area contributed by atoms with Gasteiger partial charge in [0.05, 0.1) is 12.7 Å². The van der Waals surface area contributed by atoms with Crippen molar-refractivity contribution in [3.05, 3.63) is 24.3 Å². The zero-order valence-corrected chi connectivity index (χ0v) is 25.2. The highest BCUT2D eigenvalue weighted by atomic mass is 16.6. The van der Waals surface area contributed by atoms with Crippen molar-refractivity contribution >= 4 is 11.9 Å². The molecule has 38 heavy (non-hydrogen) atoms. The number of para-hydroxylation sites is 2. The van der Waals surface area contributed by atoms with Crippen LogP contribution in [0.5, 0.6) is 11.5 Å². The molecule has 5 nitrogen and oxygen atoms in total. The van der Waals surface area contributed by atoms with E-state index in [1.54, 1.807) is 18.2 Å².